The molecule has 86 valence electrons. The highest BCUT2D eigenvalue weighted by Crippen LogP contribution is 2.27. The summed E-state index contributed by atoms with van der Waals surface area (Å²) in [6.07, 6.45) is 4.45. The van der Waals surface area contributed by atoms with Gasteiger partial charge in [-0.05, 0) is 6.42 Å². The highest BCUT2D eigenvalue weighted by molar-refractivity contribution is 5.49. The van der Waals surface area contributed by atoms with Gasteiger partial charge in [0, 0.05) is 6.61 Å². The molecule has 1 rings (SSSR count). The summed E-state index contributed by atoms with van der Waals surface area (Å²) in [6, 6.07) is 0. The monoisotopic (exact) mass is 207 g/mol. The molecule has 1 aromatic rings. The van der Waals surface area contributed by atoms with Crippen LogP contribution in [-0.2, 0) is 6.42 Å². The van der Waals surface area contributed by atoms with Crippen molar-refractivity contribution in [2.75, 3.05) is 6.61 Å². The average molecular weight is 207 g/mol. The fourth-order valence-electron chi connectivity index (χ4n) is 2.26. The Morgan fingerprint density at radius 2 is 1.67 bits per heavy atom. The zero-order valence-electron chi connectivity index (χ0n) is 10.5. The van der Waals surface area contributed by atoms with E-state index in [1.54, 1.807) is 5.56 Å². The Labute approximate surface area is 93.5 Å². The minimum Gasteiger partial charge on any atom is -0.396 e. The highest BCUT2D eigenvalue weighted by atomic mass is 16.2. The Balaban J connectivity index is 2.65. The van der Waals surface area contributed by atoms with Crippen molar-refractivity contribution in [3.05, 3.63) is 27.8 Å². The molecule has 0 unspecified atom stereocenters. The van der Waals surface area contributed by atoms with E-state index in [9.17, 15) is 0 Å². The van der Waals surface area contributed by atoms with Crippen LogP contribution in [0.4, 0.5) is 0 Å². The number of aliphatic hydroxyl groups excluding tert-OH is 1. The second-order valence-electron chi connectivity index (χ2n) is 4.51. The Kier molecular flexibility index (Phi) is 4.46. The van der Waals surface area contributed by atoms with Crippen molar-refractivity contribution in [3.8, 4) is 0 Å². The van der Waals surface area contributed by atoms with Crippen LogP contribution in [0.25, 0.3) is 0 Å². The molecule has 0 aliphatic rings. The van der Waals surface area contributed by atoms with E-state index in [0.29, 0.717) is 6.61 Å². The first-order valence-electron chi connectivity index (χ1n) is 5.92. The molecular weight excluding hydrogens is 184 g/mol. The van der Waals surface area contributed by atoms with Gasteiger partial charge in [-0.15, -0.1) is 0 Å². The summed E-state index contributed by atoms with van der Waals surface area (Å²) < 4.78 is 0. The van der Waals surface area contributed by atoms with E-state index >= 15 is 0 Å². The van der Waals surface area contributed by atoms with Gasteiger partial charge < -0.3 is 5.11 Å². The second kappa shape index (κ2) is 5.41. The first-order chi connectivity index (χ1) is 7.09. The Morgan fingerprint density at radius 1 is 1.00 bits per heavy atom. The van der Waals surface area contributed by atoms with Crippen LogP contribution >= 0.6 is 0 Å². The third-order valence-electron chi connectivity index (χ3n) is 3.68. The maximum absolute atomic E-state index is 8.72. The maximum atomic E-state index is 8.72. The average Bonchev–Trinajstić information content (AvgIpc) is 2.41. The van der Waals surface area contributed by atoms with Gasteiger partial charge in [-0.3, -0.25) is 0 Å². The van der Waals surface area contributed by atoms with Crippen LogP contribution in [-0.4, -0.2) is 11.7 Å². The van der Waals surface area contributed by atoms with Gasteiger partial charge in [0.05, 0.1) is 0 Å². The molecule has 1 nitrogen and oxygen atoms in total. The number of aliphatic hydroxyl groups is 1. The third kappa shape index (κ3) is 2.66. The zero-order valence-corrected chi connectivity index (χ0v) is 10.5. The fourth-order valence-corrected chi connectivity index (χ4v) is 2.26. The van der Waals surface area contributed by atoms with Crippen LogP contribution < -0.4 is 0 Å². The zero-order chi connectivity index (χ0) is 11.4. The first kappa shape index (κ1) is 12.4. The van der Waals surface area contributed by atoms with E-state index in [1.165, 1.54) is 35.1 Å². The Bertz CT molecular complexity index is 295. The topological polar surface area (TPSA) is 20.2 Å². The summed E-state index contributed by atoms with van der Waals surface area (Å²) >= 11 is 0. The Hall–Kier alpha value is -0.690. The minimum absolute atomic E-state index is 0.330. The van der Waals surface area contributed by atoms with Crippen molar-refractivity contribution in [1.82, 2.24) is 0 Å². The van der Waals surface area contributed by atoms with E-state index in [-0.39, 0.29) is 0 Å². The normalized spacial score (nSPS) is 11.0. The number of rotatable bonds is 5. The third-order valence-corrected chi connectivity index (χ3v) is 3.68. The largest absolute Gasteiger partial charge is 0.396 e. The molecule has 1 aromatic carbocycles. The molecule has 1 N–H and O–H groups in total. The van der Waals surface area contributed by atoms with Gasteiger partial charge in [-0.25, -0.2) is 0 Å². The summed E-state index contributed by atoms with van der Waals surface area (Å²) in [6.45, 7) is 9.23. The first-order valence-corrected chi connectivity index (χ1v) is 5.92. The molecule has 0 spiro atoms. The van der Waals surface area contributed by atoms with Gasteiger partial charge >= 0.3 is 0 Å². The molecule has 0 aliphatic carbocycles. The molecule has 0 aromatic heterocycles. The van der Waals surface area contributed by atoms with Crippen molar-refractivity contribution in [3.63, 3.8) is 0 Å². The molecule has 1 heteroatoms. The fraction of sp³-hybridized carbons (Fsp3) is 0.643. The molecule has 15 heavy (non-hydrogen) atoms. The van der Waals surface area contributed by atoms with Crippen molar-refractivity contribution >= 4 is 0 Å². The van der Waals surface area contributed by atoms with E-state index in [0.717, 1.165) is 12.8 Å². The quantitative estimate of drug-likeness (QED) is 0.580. The van der Waals surface area contributed by atoms with Gasteiger partial charge in [0.1, 0.15) is 0 Å². The van der Waals surface area contributed by atoms with Crippen LogP contribution in [0.5, 0.6) is 0 Å². The van der Waals surface area contributed by atoms with Crippen molar-refractivity contribution in [2.24, 2.45) is 0 Å². The molecule has 0 saturated carbocycles. The SMILES string of the molecule is Cc1c(CCCCCO)c(C)[c-](C)c1C. The highest BCUT2D eigenvalue weighted by Gasteiger charge is 2.01. The van der Waals surface area contributed by atoms with Crippen LogP contribution in [0.15, 0.2) is 0 Å². The lowest BCUT2D eigenvalue weighted by molar-refractivity contribution is 0.283. The lowest BCUT2D eigenvalue weighted by atomic mass is 10.0. The van der Waals surface area contributed by atoms with Gasteiger partial charge in [-0.2, -0.15) is 27.8 Å². The summed E-state index contributed by atoms with van der Waals surface area (Å²) in [5, 5.41) is 8.72. The summed E-state index contributed by atoms with van der Waals surface area (Å²) in [5.41, 5.74) is 7.43. The molecular formula is C14H23O-. The molecule has 0 saturated heterocycles. The van der Waals surface area contributed by atoms with Gasteiger partial charge in [0.15, 0.2) is 0 Å². The van der Waals surface area contributed by atoms with Crippen LogP contribution in [0, 0.1) is 27.7 Å². The number of hydrogen-bond acceptors (Lipinski definition) is 1. The second-order valence-corrected chi connectivity index (χ2v) is 4.51. The molecule has 0 fully saturated rings. The molecule has 0 heterocycles. The van der Waals surface area contributed by atoms with E-state index < -0.39 is 0 Å². The van der Waals surface area contributed by atoms with Gasteiger partial charge in [0.2, 0.25) is 0 Å². The Morgan fingerprint density at radius 3 is 2.13 bits per heavy atom. The predicted octanol–water partition coefficient (Wildman–Crippen LogP) is 3.34. The molecule has 0 radical (unpaired) electrons. The van der Waals surface area contributed by atoms with Crippen molar-refractivity contribution < 1.29 is 5.11 Å². The molecule has 0 bridgehead atoms. The van der Waals surface area contributed by atoms with Crippen LogP contribution in [0.1, 0.15) is 47.1 Å². The lowest BCUT2D eigenvalue weighted by Gasteiger charge is -2.12. The standard InChI is InChI=1S/C14H23O/c1-10-11(2)13(4)14(12(10)3)8-6-5-7-9-15/h15H,5-9H2,1-4H3/q-1. The summed E-state index contributed by atoms with van der Waals surface area (Å²) in [5.74, 6) is 0. The lowest BCUT2D eigenvalue weighted by Crippen LogP contribution is -1.91. The minimum atomic E-state index is 0.330. The number of unbranched alkanes of at least 4 members (excludes halogenated alkanes) is 2. The van der Waals surface area contributed by atoms with Crippen molar-refractivity contribution in [2.45, 2.75) is 53.4 Å². The van der Waals surface area contributed by atoms with Crippen LogP contribution in [0.2, 0.25) is 0 Å². The maximum Gasteiger partial charge on any atom is 0.0431 e. The predicted molar refractivity (Wildman–Crippen MR) is 65.6 cm³/mol. The summed E-state index contributed by atoms with van der Waals surface area (Å²) in [7, 11) is 0. The van der Waals surface area contributed by atoms with Gasteiger partial charge in [0.25, 0.3) is 0 Å². The van der Waals surface area contributed by atoms with Gasteiger partial charge in [-0.1, -0.05) is 47.0 Å². The van der Waals surface area contributed by atoms with E-state index in [2.05, 4.69) is 27.7 Å². The summed E-state index contributed by atoms with van der Waals surface area (Å²) in [4.78, 5) is 0. The van der Waals surface area contributed by atoms with E-state index in [4.69, 9.17) is 5.11 Å². The molecule has 0 amide bonds. The molecule has 0 aliphatic heterocycles. The van der Waals surface area contributed by atoms with Crippen molar-refractivity contribution in [1.29, 1.82) is 0 Å². The number of hydrogen-bond donors (Lipinski definition) is 1. The smallest absolute Gasteiger partial charge is 0.0431 e. The van der Waals surface area contributed by atoms with E-state index in [1.807, 2.05) is 0 Å². The van der Waals surface area contributed by atoms with Crippen LogP contribution in [0.3, 0.4) is 0 Å². The molecule has 0 atom stereocenters.